The lowest BCUT2D eigenvalue weighted by Crippen LogP contribution is -2.49. The molecule has 0 saturated carbocycles. The summed E-state index contributed by atoms with van der Waals surface area (Å²) in [5.74, 6) is 1.79. The molecule has 0 aromatic rings. The zero-order valence-electron chi connectivity index (χ0n) is 9.65. The maximum atomic E-state index is 11.3. The van der Waals surface area contributed by atoms with Crippen molar-refractivity contribution >= 4 is 10.8 Å². The highest BCUT2D eigenvalue weighted by Gasteiger charge is 2.26. The van der Waals surface area contributed by atoms with Crippen molar-refractivity contribution in [3.63, 3.8) is 0 Å². The molecule has 0 amide bonds. The van der Waals surface area contributed by atoms with Crippen LogP contribution in [0.2, 0.25) is 0 Å². The molecule has 4 heteroatoms. The molecule has 0 bridgehead atoms. The minimum atomic E-state index is -0.526. The standard InChI is InChI=1S/C11H22N2OS/c1-2-12-5-3-11(4-6-12)13-7-9-15(14)10-8-13/h11H,2-10H2,1H3. The average molecular weight is 230 g/mol. The van der Waals surface area contributed by atoms with Crippen LogP contribution in [-0.4, -0.2) is 64.3 Å². The van der Waals surface area contributed by atoms with Crippen molar-refractivity contribution in [1.82, 2.24) is 9.80 Å². The van der Waals surface area contributed by atoms with Gasteiger partial charge in [0, 0.05) is 41.4 Å². The Morgan fingerprint density at radius 3 is 2.27 bits per heavy atom. The lowest BCUT2D eigenvalue weighted by Gasteiger charge is -2.39. The summed E-state index contributed by atoms with van der Waals surface area (Å²) in [5.41, 5.74) is 0. The fraction of sp³-hybridized carbons (Fsp3) is 1.00. The van der Waals surface area contributed by atoms with Crippen LogP contribution >= 0.6 is 0 Å². The van der Waals surface area contributed by atoms with E-state index in [1.165, 1.54) is 32.5 Å². The normalized spacial score (nSPS) is 28.3. The minimum Gasteiger partial charge on any atom is -0.303 e. The maximum Gasteiger partial charge on any atom is 0.0363 e. The van der Waals surface area contributed by atoms with Crippen molar-refractivity contribution in [2.24, 2.45) is 0 Å². The molecule has 0 unspecified atom stereocenters. The van der Waals surface area contributed by atoms with E-state index in [1.807, 2.05) is 0 Å². The van der Waals surface area contributed by atoms with Gasteiger partial charge in [-0.25, -0.2) is 0 Å². The van der Waals surface area contributed by atoms with Crippen LogP contribution in [0.3, 0.4) is 0 Å². The van der Waals surface area contributed by atoms with Crippen LogP contribution in [0.4, 0.5) is 0 Å². The summed E-state index contributed by atoms with van der Waals surface area (Å²) in [7, 11) is -0.526. The highest BCUT2D eigenvalue weighted by molar-refractivity contribution is 7.85. The average Bonchev–Trinajstić information content (AvgIpc) is 2.30. The monoisotopic (exact) mass is 230 g/mol. The molecule has 0 atom stereocenters. The highest BCUT2D eigenvalue weighted by atomic mass is 32.2. The summed E-state index contributed by atoms with van der Waals surface area (Å²) in [5, 5.41) is 0. The van der Waals surface area contributed by atoms with Gasteiger partial charge in [-0.15, -0.1) is 0 Å². The summed E-state index contributed by atoms with van der Waals surface area (Å²) < 4.78 is 11.3. The van der Waals surface area contributed by atoms with E-state index in [0.29, 0.717) is 0 Å². The second-order valence-electron chi connectivity index (χ2n) is 4.55. The van der Waals surface area contributed by atoms with Crippen LogP contribution in [0.25, 0.3) is 0 Å². The van der Waals surface area contributed by atoms with Gasteiger partial charge in [-0.05, 0) is 32.5 Å². The number of likely N-dealkylation sites (tertiary alicyclic amines) is 1. The molecule has 2 aliphatic heterocycles. The SMILES string of the molecule is CCN1CCC(N2CCS(=O)CC2)CC1. The summed E-state index contributed by atoms with van der Waals surface area (Å²) in [6.07, 6.45) is 2.61. The Morgan fingerprint density at radius 1 is 1.13 bits per heavy atom. The topological polar surface area (TPSA) is 23.6 Å². The molecule has 2 rings (SSSR count). The van der Waals surface area contributed by atoms with E-state index >= 15 is 0 Å². The van der Waals surface area contributed by atoms with Crippen molar-refractivity contribution < 1.29 is 4.21 Å². The molecule has 0 radical (unpaired) electrons. The molecular formula is C11H22N2OS. The third kappa shape index (κ3) is 3.02. The van der Waals surface area contributed by atoms with Gasteiger partial charge in [-0.2, -0.15) is 0 Å². The van der Waals surface area contributed by atoms with Crippen molar-refractivity contribution in [2.45, 2.75) is 25.8 Å². The number of rotatable bonds is 2. The third-order valence-corrected chi connectivity index (χ3v) is 5.01. The fourth-order valence-electron chi connectivity index (χ4n) is 2.62. The van der Waals surface area contributed by atoms with Gasteiger partial charge < -0.3 is 4.90 Å². The van der Waals surface area contributed by atoms with Crippen molar-refractivity contribution in [3.05, 3.63) is 0 Å². The van der Waals surface area contributed by atoms with E-state index in [-0.39, 0.29) is 0 Å². The minimum absolute atomic E-state index is 0.526. The van der Waals surface area contributed by atoms with Crippen LogP contribution in [0.1, 0.15) is 19.8 Å². The molecule has 2 aliphatic rings. The molecule has 2 heterocycles. The molecule has 0 aromatic carbocycles. The summed E-state index contributed by atoms with van der Waals surface area (Å²) in [4.78, 5) is 5.09. The molecule has 2 saturated heterocycles. The Hall–Kier alpha value is 0.0700. The van der Waals surface area contributed by atoms with Crippen molar-refractivity contribution in [2.75, 3.05) is 44.2 Å². The van der Waals surface area contributed by atoms with Gasteiger partial charge in [0.15, 0.2) is 0 Å². The first-order chi connectivity index (χ1) is 7.29. The number of piperidine rings is 1. The van der Waals surface area contributed by atoms with Gasteiger partial charge in [-0.1, -0.05) is 6.92 Å². The molecular weight excluding hydrogens is 208 g/mol. The Morgan fingerprint density at radius 2 is 1.73 bits per heavy atom. The summed E-state index contributed by atoms with van der Waals surface area (Å²) >= 11 is 0. The zero-order valence-corrected chi connectivity index (χ0v) is 10.5. The molecule has 15 heavy (non-hydrogen) atoms. The second kappa shape index (κ2) is 5.41. The zero-order chi connectivity index (χ0) is 10.7. The molecule has 3 nitrogen and oxygen atoms in total. The summed E-state index contributed by atoms with van der Waals surface area (Å²) in [6, 6.07) is 0.769. The lowest BCUT2D eigenvalue weighted by atomic mass is 10.0. The van der Waals surface area contributed by atoms with E-state index < -0.39 is 10.8 Å². The first-order valence-corrected chi connectivity index (χ1v) is 7.59. The fourth-order valence-corrected chi connectivity index (χ4v) is 3.70. The Kier molecular flexibility index (Phi) is 4.17. The first kappa shape index (κ1) is 11.6. The van der Waals surface area contributed by atoms with Gasteiger partial charge >= 0.3 is 0 Å². The molecule has 0 N–H and O–H groups in total. The summed E-state index contributed by atoms with van der Waals surface area (Å²) in [6.45, 7) is 8.05. The van der Waals surface area contributed by atoms with Gasteiger partial charge in [0.2, 0.25) is 0 Å². The van der Waals surface area contributed by atoms with Gasteiger partial charge in [0.05, 0.1) is 0 Å². The van der Waals surface area contributed by atoms with Gasteiger partial charge in [0.25, 0.3) is 0 Å². The van der Waals surface area contributed by atoms with Crippen LogP contribution < -0.4 is 0 Å². The van der Waals surface area contributed by atoms with E-state index in [4.69, 9.17) is 0 Å². The first-order valence-electron chi connectivity index (χ1n) is 6.11. The third-order valence-electron chi connectivity index (χ3n) is 3.73. The van der Waals surface area contributed by atoms with Gasteiger partial charge in [0.1, 0.15) is 0 Å². The van der Waals surface area contributed by atoms with Crippen LogP contribution in [0, 0.1) is 0 Å². The molecule has 0 aromatic heterocycles. The molecule has 88 valence electrons. The van der Waals surface area contributed by atoms with Crippen LogP contribution in [-0.2, 0) is 10.8 Å². The predicted octanol–water partition coefficient (Wildman–Crippen LogP) is 0.535. The predicted molar refractivity (Wildman–Crippen MR) is 64.6 cm³/mol. The number of hydrogen-bond acceptors (Lipinski definition) is 3. The van der Waals surface area contributed by atoms with Gasteiger partial charge in [-0.3, -0.25) is 9.11 Å². The van der Waals surface area contributed by atoms with Crippen molar-refractivity contribution in [3.8, 4) is 0 Å². The van der Waals surface area contributed by atoms with Crippen LogP contribution in [0.5, 0.6) is 0 Å². The maximum absolute atomic E-state index is 11.3. The van der Waals surface area contributed by atoms with Crippen LogP contribution in [0.15, 0.2) is 0 Å². The number of nitrogens with zero attached hydrogens (tertiary/aromatic N) is 2. The molecule has 0 aliphatic carbocycles. The van der Waals surface area contributed by atoms with Crippen molar-refractivity contribution in [1.29, 1.82) is 0 Å². The molecule has 0 spiro atoms. The highest BCUT2D eigenvalue weighted by Crippen LogP contribution is 2.17. The Bertz CT molecular complexity index is 217. The molecule has 2 fully saturated rings. The van der Waals surface area contributed by atoms with E-state index in [9.17, 15) is 4.21 Å². The Balaban J connectivity index is 1.78. The quantitative estimate of drug-likeness (QED) is 0.691. The smallest absolute Gasteiger partial charge is 0.0363 e. The Labute approximate surface area is 95.3 Å². The van der Waals surface area contributed by atoms with E-state index in [0.717, 1.165) is 30.6 Å². The van der Waals surface area contributed by atoms with E-state index in [2.05, 4.69) is 16.7 Å². The largest absolute Gasteiger partial charge is 0.303 e. The van der Waals surface area contributed by atoms with E-state index in [1.54, 1.807) is 0 Å². The number of hydrogen-bond donors (Lipinski definition) is 0. The second-order valence-corrected chi connectivity index (χ2v) is 6.25. The lowest BCUT2D eigenvalue weighted by molar-refractivity contribution is 0.119.